The maximum atomic E-state index is 14.2. The Labute approximate surface area is 232 Å². The zero-order chi connectivity index (χ0) is 27.9. The van der Waals surface area contributed by atoms with E-state index in [1.165, 1.54) is 35.9 Å². The summed E-state index contributed by atoms with van der Waals surface area (Å²) in [5, 5.41) is 5.64. The highest BCUT2D eigenvalue weighted by atomic mass is 19.1. The summed E-state index contributed by atoms with van der Waals surface area (Å²) in [4.78, 5) is 28.4. The number of nitrogens with one attached hydrogen (secondary N) is 2. The summed E-state index contributed by atoms with van der Waals surface area (Å²) in [7, 11) is 0. The summed E-state index contributed by atoms with van der Waals surface area (Å²) in [5.41, 5.74) is 3.60. The molecule has 1 aliphatic heterocycles. The normalized spacial score (nSPS) is 13.6. The summed E-state index contributed by atoms with van der Waals surface area (Å²) in [6.07, 6.45) is 3.02. The Morgan fingerprint density at radius 1 is 0.750 bits per heavy atom. The molecule has 204 valence electrons. The lowest BCUT2D eigenvalue weighted by atomic mass is 9.89. The highest BCUT2D eigenvalue weighted by Crippen LogP contribution is 2.30. The molecule has 0 aromatic heterocycles. The first-order valence-electron chi connectivity index (χ1n) is 13.5. The van der Waals surface area contributed by atoms with Crippen LogP contribution in [0.5, 0.6) is 0 Å². The highest BCUT2D eigenvalue weighted by Gasteiger charge is 2.24. The third-order valence-electron chi connectivity index (χ3n) is 7.31. The van der Waals surface area contributed by atoms with Crippen LogP contribution in [0.2, 0.25) is 0 Å². The fourth-order valence-electron chi connectivity index (χ4n) is 5.12. The van der Waals surface area contributed by atoms with Crippen LogP contribution in [0.15, 0.2) is 97.1 Å². The van der Waals surface area contributed by atoms with Crippen LogP contribution >= 0.6 is 0 Å². The van der Waals surface area contributed by atoms with Crippen molar-refractivity contribution in [2.45, 2.75) is 25.8 Å². The summed E-state index contributed by atoms with van der Waals surface area (Å²) >= 11 is 0. The number of hydrogen-bond acceptors (Lipinski definition) is 3. The van der Waals surface area contributed by atoms with Gasteiger partial charge in [0.15, 0.2) is 0 Å². The second-order valence-electron chi connectivity index (χ2n) is 10.1. The van der Waals surface area contributed by atoms with Crippen molar-refractivity contribution in [2.75, 3.05) is 23.3 Å². The number of nitrogens with zero attached hydrogens (tertiary/aromatic N) is 1. The number of halogens is 2. The van der Waals surface area contributed by atoms with Crippen molar-refractivity contribution in [3.05, 3.63) is 131 Å². The average Bonchev–Trinajstić information content (AvgIpc) is 2.98. The maximum Gasteiger partial charge on any atom is 0.258 e. The second kappa shape index (κ2) is 12.6. The van der Waals surface area contributed by atoms with Crippen LogP contribution in [-0.2, 0) is 13.0 Å². The van der Waals surface area contributed by atoms with E-state index in [4.69, 9.17) is 0 Å². The number of amides is 2. The molecule has 1 fully saturated rings. The standard InChI is InChI=1S/C33H31F2N3O2/c34-26-12-10-25(11-13-26)22-36-32(39)29-21-27(37-33(40)28-8-4-5-9-30(28)35)14-15-31(29)38-18-16-24(17-19-38)20-23-6-2-1-3-7-23/h1-15,21,24H,16-20,22H2,(H,36,39)(H,37,40). The number of hydrogen-bond donors (Lipinski definition) is 2. The average molecular weight is 540 g/mol. The van der Waals surface area contributed by atoms with E-state index in [2.05, 4.69) is 39.8 Å². The van der Waals surface area contributed by atoms with Gasteiger partial charge in [0, 0.05) is 31.0 Å². The number of carbonyl (C=O) groups is 2. The van der Waals surface area contributed by atoms with Crippen LogP contribution in [0, 0.1) is 17.6 Å². The second-order valence-corrected chi connectivity index (χ2v) is 10.1. The molecule has 1 aliphatic rings. The van der Waals surface area contributed by atoms with Gasteiger partial charge in [-0.2, -0.15) is 0 Å². The molecule has 1 saturated heterocycles. The molecule has 4 aromatic carbocycles. The van der Waals surface area contributed by atoms with E-state index < -0.39 is 11.7 Å². The van der Waals surface area contributed by atoms with Crippen LogP contribution in [0.1, 0.15) is 44.7 Å². The molecule has 0 unspecified atom stereocenters. The Balaban J connectivity index is 1.34. The zero-order valence-corrected chi connectivity index (χ0v) is 22.1. The van der Waals surface area contributed by atoms with Crippen LogP contribution < -0.4 is 15.5 Å². The smallest absolute Gasteiger partial charge is 0.258 e. The minimum absolute atomic E-state index is 0.0747. The summed E-state index contributed by atoms with van der Waals surface area (Å²) in [6, 6.07) is 27.4. The van der Waals surface area contributed by atoms with E-state index in [0.29, 0.717) is 17.2 Å². The van der Waals surface area contributed by atoms with Crippen molar-refractivity contribution in [3.8, 4) is 0 Å². The number of rotatable bonds is 8. The van der Waals surface area contributed by atoms with Gasteiger partial charge in [-0.25, -0.2) is 8.78 Å². The zero-order valence-electron chi connectivity index (χ0n) is 22.1. The lowest BCUT2D eigenvalue weighted by Gasteiger charge is -2.35. The summed E-state index contributed by atoms with van der Waals surface area (Å²) in [5.74, 6) is -1.30. The fraction of sp³-hybridized carbons (Fsp3) is 0.212. The lowest BCUT2D eigenvalue weighted by molar-refractivity contribution is 0.0949. The molecule has 0 atom stereocenters. The predicted molar refractivity (Wildman–Crippen MR) is 153 cm³/mol. The first-order valence-corrected chi connectivity index (χ1v) is 13.5. The first kappa shape index (κ1) is 27.1. The van der Waals surface area contributed by atoms with Crippen LogP contribution in [0.4, 0.5) is 20.2 Å². The molecule has 5 nitrogen and oxygen atoms in total. The molecule has 0 aliphatic carbocycles. The molecule has 4 aromatic rings. The van der Waals surface area contributed by atoms with E-state index in [1.807, 2.05) is 12.1 Å². The molecule has 40 heavy (non-hydrogen) atoms. The van der Waals surface area contributed by atoms with Crippen LogP contribution in [0.3, 0.4) is 0 Å². The molecule has 0 bridgehead atoms. The van der Waals surface area contributed by atoms with E-state index in [9.17, 15) is 18.4 Å². The van der Waals surface area contributed by atoms with Crippen molar-refractivity contribution < 1.29 is 18.4 Å². The molecular weight excluding hydrogens is 508 g/mol. The maximum absolute atomic E-state index is 14.2. The lowest BCUT2D eigenvalue weighted by Crippen LogP contribution is -2.36. The molecule has 5 rings (SSSR count). The molecule has 2 amide bonds. The molecule has 0 radical (unpaired) electrons. The Hall–Kier alpha value is -4.52. The van der Waals surface area contributed by atoms with Crippen LogP contribution in [-0.4, -0.2) is 24.9 Å². The minimum atomic E-state index is -0.618. The van der Waals surface area contributed by atoms with Gasteiger partial charge in [-0.1, -0.05) is 54.6 Å². The molecule has 2 N–H and O–H groups in total. The monoisotopic (exact) mass is 539 g/mol. The van der Waals surface area contributed by atoms with Crippen molar-refractivity contribution in [1.29, 1.82) is 0 Å². The molecule has 0 spiro atoms. The Bertz CT molecular complexity index is 1470. The van der Waals surface area contributed by atoms with Crippen molar-refractivity contribution >= 4 is 23.2 Å². The van der Waals surface area contributed by atoms with Crippen molar-refractivity contribution in [3.63, 3.8) is 0 Å². The summed E-state index contributed by atoms with van der Waals surface area (Å²) < 4.78 is 27.5. The topological polar surface area (TPSA) is 61.4 Å². The number of carbonyl (C=O) groups excluding carboxylic acids is 2. The third-order valence-corrected chi connectivity index (χ3v) is 7.31. The predicted octanol–water partition coefficient (Wildman–Crippen LogP) is 6.61. The van der Waals surface area contributed by atoms with Crippen molar-refractivity contribution in [1.82, 2.24) is 5.32 Å². The SMILES string of the molecule is O=C(Nc1ccc(N2CCC(Cc3ccccc3)CC2)c(C(=O)NCc2ccc(F)cc2)c1)c1ccccc1F. The number of piperidine rings is 1. The first-order chi connectivity index (χ1) is 19.5. The van der Waals surface area contributed by atoms with Gasteiger partial charge in [-0.15, -0.1) is 0 Å². The largest absolute Gasteiger partial charge is 0.371 e. The van der Waals surface area contributed by atoms with E-state index in [1.54, 1.807) is 30.3 Å². The van der Waals surface area contributed by atoms with Gasteiger partial charge in [-0.3, -0.25) is 9.59 Å². The van der Waals surface area contributed by atoms with Gasteiger partial charge in [0.05, 0.1) is 11.1 Å². The number of anilines is 2. The minimum Gasteiger partial charge on any atom is -0.371 e. The van der Waals surface area contributed by atoms with Gasteiger partial charge >= 0.3 is 0 Å². The van der Waals surface area contributed by atoms with Crippen LogP contribution in [0.25, 0.3) is 0 Å². The Morgan fingerprint density at radius 2 is 1.45 bits per heavy atom. The summed E-state index contributed by atoms with van der Waals surface area (Å²) in [6.45, 7) is 1.83. The van der Waals surface area contributed by atoms with Crippen molar-refractivity contribution in [2.24, 2.45) is 5.92 Å². The fourth-order valence-corrected chi connectivity index (χ4v) is 5.12. The highest BCUT2D eigenvalue weighted by molar-refractivity contribution is 6.06. The Morgan fingerprint density at radius 3 is 2.17 bits per heavy atom. The van der Waals surface area contributed by atoms with Gasteiger partial charge in [0.2, 0.25) is 0 Å². The number of benzene rings is 4. The molecular formula is C33H31F2N3O2. The molecule has 0 saturated carbocycles. The van der Waals surface area contributed by atoms with E-state index >= 15 is 0 Å². The Kier molecular flexibility index (Phi) is 8.50. The van der Waals surface area contributed by atoms with Gasteiger partial charge in [0.1, 0.15) is 11.6 Å². The van der Waals surface area contributed by atoms with Gasteiger partial charge < -0.3 is 15.5 Å². The molecule has 7 heteroatoms. The van der Waals surface area contributed by atoms with E-state index in [0.717, 1.165) is 43.6 Å². The quantitative estimate of drug-likeness (QED) is 0.265. The third kappa shape index (κ3) is 6.72. The molecule has 1 heterocycles. The van der Waals surface area contributed by atoms with Gasteiger partial charge in [-0.05, 0) is 78.8 Å². The van der Waals surface area contributed by atoms with E-state index in [-0.39, 0.29) is 23.8 Å². The van der Waals surface area contributed by atoms with Gasteiger partial charge in [0.25, 0.3) is 11.8 Å².